The van der Waals surface area contributed by atoms with E-state index >= 15 is 0 Å². The highest BCUT2D eigenvalue weighted by Gasteiger charge is 2.30. The van der Waals surface area contributed by atoms with Crippen LogP contribution < -0.4 is 4.72 Å². The first-order chi connectivity index (χ1) is 10.2. The van der Waals surface area contributed by atoms with Gasteiger partial charge in [-0.2, -0.15) is 0 Å². The predicted molar refractivity (Wildman–Crippen MR) is 85.4 cm³/mol. The molecule has 0 bridgehead atoms. The first-order valence-electron chi connectivity index (χ1n) is 7.03. The third kappa shape index (κ3) is 3.93. The monoisotopic (exact) mass is 321 g/mol. The van der Waals surface area contributed by atoms with E-state index in [1.54, 1.807) is 0 Å². The van der Waals surface area contributed by atoms with Crippen LogP contribution in [0, 0.1) is 11.2 Å². The summed E-state index contributed by atoms with van der Waals surface area (Å²) in [5, 5.41) is 0. The molecule has 0 saturated carbocycles. The summed E-state index contributed by atoms with van der Waals surface area (Å²) in [5.41, 5.74) is 0.578. The Bertz CT molecular complexity index is 720. The third-order valence-corrected chi connectivity index (χ3v) is 4.83. The lowest BCUT2D eigenvalue weighted by atomic mass is 9.83. The van der Waals surface area contributed by atoms with Crippen LogP contribution in [0.25, 0.3) is 0 Å². The van der Waals surface area contributed by atoms with Crippen molar-refractivity contribution in [1.29, 1.82) is 0 Å². The minimum Gasteiger partial charge on any atom is -0.207 e. The molecule has 0 aromatic heterocycles. The van der Waals surface area contributed by atoms with Crippen molar-refractivity contribution in [2.75, 3.05) is 0 Å². The Hall–Kier alpha value is -1.72. The molecule has 0 aliphatic rings. The molecule has 0 fully saturated rings. The fourth-order valence-corrected chi connectivity index (χ4v) is 3.66. The standard InChI is InChI=1S/C17H20FNO2S/c1-17(2,3)16(13-7-5-4-6-8-13)19-22(20,21)15-11-9-14(18)10-12-15/h4-12,16,19H,1-3H3/t16-/m1/s1. The van der Waals surface area contributed by atoms with Gasteiger partial charge in [-0.05, 0) is 35.2 Å². The highest BCUT2D eigenvalue weighted by molar-refractivity contribution is 7.89. The van der Waals surface area contributed by atoms with Gasteiger partial charge in [0, 0.05) is 0 Å². The Kier molecular flexibility index (Phi) is 4.68. The number of hydrogen-bond acceptors (Lipinski definition) is 2. The summed E-state index contributed by atoms with van der Waals surface area (Å²) in [7, 11) is -3.72. The van der Waals surface area contributed by atoms with Crippen molar-refractivity contribution in [3.05, 3.63) is 66.0 Å². The van der Waals surface area contributed by atoms with Crippen LogP contribution in [0.4, 0.5) is 4.39 Å². The molecule has 0 radical (unpaired) electrons. The molecule has 22 heavy (non-hydrogen) atoms. The lowest BCUT2D eigenvalue weighted by Gasteiger charge is -2.31. The molecule has 118 valence electrons. The molecule has 0 heterocycles. The molecule has 1 N–H and O–H groups in total. The van der Waals surface area contributed by atoms with Gasteiger partial charge in [0.1, 0.15) is 5.82 Å². The van der Waals surface area contributed by atoms with Crippen molar-refractivity contribution in [1.82, 2.24) is 4.72 Å². The summed E-state index contributed by atoms with van der Waals surface area (Å²) < 4.78 is 40.8. The van der Waals surface area contributed by atoms with Crippen molar-refractivity contribution in [3.8, 4) is 0 Å². The molecule has 3 nitrogen and oxygen atoms in total. The minimum absolute atomic E-state index is 0.0547. The number of nitrogens with one attached hydrogen (secondary N) is 1. The predicted octanol–water partition coefficient (Wildman–Crippen LogP) is 3.89. The van der Waals surface area contributed by atoms with Gasteiger partial charge in [0.25, 0.3) is 0 Å². The second kappa shape index (κ2) is 6.18. The van der Waals surface area contributed by atoms with E-state index in [4.69, 9.17) is 0 Å². The van der Waals surface area contributed by atoms with Crippen LogP contribution in [0.2, 0.25) is 0 Å². The average molecular weight is 321 g/mol. The van der Waals surface area contributed by atoms with Gasteiger partial charge in [-0.15, -0.1) is 0 Å². The quantitative estimate of drug-likeness (QED) is 0.928. The second-order valence-corrected chi connectivity index (χ2v) is 8.00. The van der Waals surface area contributed by atoms with Gasteiger partial charge < -0.3 is 0 Å². The van der Waals surface area contributed by atoms with Crippen molar-refractivity contribution in [2.24, 2.45) is 5.41 Å². The molecular formula is C17H20FNO2S. The number of rotatable bonds is 4. The topological polar surface area (TPSA) is 46.2 Å². The first-order valence-corrected chi connectivity index (χ1v) is 8.51. The summed E-state index contributed by atoms with van der Waals surface area (Å²) in [4.78, 5) is 0.0547. The maximum absolute atomic E-state index is 13.0. The lowest BCUT2D eigenvalue weighted by Crippen LogP contribution is -2.36. The molecule has 0 unspecified atom stereocenters. The Balaban J connectivity index is 2.37. The molecule has 2 rings (SSSR count). The number of benzene rings is 2. The number of sulfonamides is 1. The Labute approximate surface area is 131 Å². The normalized spacial score (nSPS) is 13.8. The van der Waals surface area contributed by atoms with E-state index < -0.39 is 15.8 Å². The molecule has 2 aromatic rings. The molecule has 0 saturated heterocycles. The summed E-state index contributed by atoms with van der Waals surface area (Å²) in [6, 6.07) is 13.9. The van der Waals surface area contributed by atoms with E-state index in [0.29, 0.717) is 0 Å². The van der Waals surface area contributed by atoms with Crippen LogP contribution in [0.3, 0.4) is 0 Å². The molecular weight excluding hydrogens is 301 g/mol. The van der Waals surface area contributed by atoms with Gasteiger partial charge in [0.15, 0.2) is 0 Å². The van der Waals surface area contributed by atoms with Gasteiger partial charge in [0.2, 0.25) is 10.0 Å². The van der Waals surface area contributed by atoms with Crippen molar-refractivity contribution in [2.45, 2.75) is 31.7 Å². The number of hydrogen-bond donors (Lipinski definition) is 1. The van der Waals surface area contributed by atoms with Crippen LogP contribution in [0.5, 0.6) is 0 Å². The van der Waals surface area contributed by atoms with Gasteiger partial charge >= 0.3 is 0 Å². The molecule has 1 atom stereocenters. The fourth-order valence-electron chi connectivity index (χ4n) is 2.23. The van der Waals surface area contributed by atoms with E-state index in [-0.39, 0.29) is 16.4 Å². The van der Waals surface area contributed by atoms with E-state index in [0.717, 1.165) is 17.7 Å². The zero-order chi connectivity index (χ0) is 16.4. The summed E-state index contributed by atoms with van der Waals surface area (Å²) in [6.07, 6.45) is 0. The van der Waals surface area contributed by atoms with Crippen LogP contribution >= 0.6 is 0 Å². The van der Waals surface area contributed by atoms with Crippen molar-refractivity contribution < 1.29 is 12.8 Å². The summed E-state index contributed by atoms with van der Waals surface area (Å²) >= 11 is 0. The molecule has 5 heteroatoms. The minimum atomic E-state index is -3.72. The highest BCUT2D eigenvalue weighted by atomic mass is 32.2. The average Bonchev–Trinajstić information content (AvgIpc) is 2.45. The van der Waals surface area contributed by atoms with Gasteiger partial charge in [0.05, 0.1) is 10.9 Å². The zero-order valence-electron chi connectivity index (χ0n) is 12.9. The smallest absolute Gasteiger partial charge is 0.207 e. The van der Waals surface area contributed by atoms with Gasteiger partial charge in [-0.25, -0.2) is 17.5 Å². The summed E-state index contributed by atoms with van der Waals surface area (Å²) in [6.45, 7) is 5.91. The fraction of sp³-hybridized carbons (Fsp3) is 0.294. The van der Waals surface area contributed by atoms with Crippen molar-refractivity contribution in [3.63, 3.8) is 0 Å². The first kappa shape index (κ1) is 16.6. The molecule has 0 amide bonds. The molecule has 0 aliphatic heterocycles. The van der Waals surface area contributed by atoms with E-state index in [1.165, 1.54) is 12.1 Å². The zero-order valence-corrected chi connectivity index (χ0v) is 13.7. The lowest BCUT2D eigenvalue weighted by molar-refractivity contribution is 0.304. The van der Waals surface area contributed by atoms with Crippen LogP contribution in [0.15, 0.2) is 59.5 Å². The summed E-state index contributed by atoms with van der Waals surface area (Å²) in [5.74, 6) is -0.464. The van der Waals surface area contributed by atoms with Gasteiger partial charge in [-0.3, -0.25) is 0 Å². The van der Waals surface area contributed by atoms with Crippen molar-refractivity contribution >= 4 is 10.0 Å². The maximum Gasteiger partial charge on any atom is 0.241 e. The molecule has 2 aromatic carbocycles. The Morgan fingerprint density at radius 3 is 2.00 bits per heavy atom. The second-order valence-electron chi connectivity index (χ2n) is 6.28. The van der Waals surface area contributed by atoms with Crippen LogP contribution in [0.1, 0.15) is 32.4 Å². The Morgan fingerprint density at radius 2 is 1.50 bits per heavy atom. The van der Waals surface area contributed by atoms with Crippen LogP contribution in [-0.2, 0) is 10.0 Å². The molecule has 0 aliphatic carbocycles. The highest BCUT2D eigenvalue weighted by Crippen LogP contribution is 2.34. The van der Waals surface area contributed by atoms with E-state index in [1.807, 2.05) is 51.1 Å². The third-order valence-electron chi connectivity index (χ3n) is 3.40. The SMILES string of the molecule is CC(C)(C)[C@H](NS(=O)(=O)c1ccc(F)cc1)c1ccccc1. The largest absolute Gasteiger partial charge is 0.241 e. The van der Waals surface area contributed by atoms with Crippen LogP contribution in [-0.4, -0.2) is 8.42 Å². The maximum atomic E-state index is 13.0. The van der Waals surface area contributed by atoms with Gasteiger partial charge in [-0.1, -0.05) is 51.1 Å². The van der Waals surface area contributed by atoms with E-state index in [2.05, 4.69) is 4.72 Å². The Morgan fingerprint density at radius 1 is 0.955 bits per heavy atom. The molecule has 0 spiro atoms. The van der Waals surface area contributed by atoms with E-state index in [9.17, 15) is 12.8 Å². The number of halogens is 1.